The van der Waals surface area contributed by atoms with Crippen molar-refractivity contribution in [1.82, 2.24) is 28.2 Å². The molecule has 18 aromatic rings. The van der Waals surface area contributed by atoms with Gasteiger partial charge in [0.05, 0.1) is 44.1 Å². The van der Waals surface area contributed by atoms with Crippen LogP contribution in [0.2, 0.25) is 0 Å². The maximum Gasteiger partial charge on any atom is 0.100 e. The zero-order chi connectivity index (χ0) is 67.6. The summed E-state index contributed by atoms with van der Waals surface area (Å²) >= 11 is 0. The van der Waals surface area contributed by atoms with Gasteiger partial charge in [-0.05, 0) is 198 Å². The number of benzene rings is 14. The van der Waals surface area contributed by atoms with E-state index >= 15 is 0 Å². The second-order valence-electron chi connectivity index (χ2n) is 28.3. The highest BCUT2D eigenvalue weighted by Crippen LogP contribution is 2.45. The lowest BCUT2D eigenvalue weighted by Gasteiger charge is -2.27. The molecule has 0 aliphatic heterocycles. The molecule has 0 atom stereocenters. The van der Waals surface area contributed by atoms with E-state index in [0.29, 0.717) is 0 Å². The third kappa shape index (κ3) is 11.0. The highest BCUT2D eigenvalue weighted by molar-refractivity contribution is 6.12. The van der Waals surface area contributed by atoms with E-state index < -0.39 is 0 Å². The van der Waals surface area contributed by atoms with E-state index in [2.05, 4.69) is 375 Å². The Morgan fingerprint density at radius 1 is 0.220 bits per heavy atom. The lowest BCUT2D eigenvalue weighted by atomic mass is 9.77. The van der Waals surface area contributed by atoms with E-state index in [1.165, 1.54) is 133 Å². The van der Waals surface area contributed by atoms with E-state index in [9.17, 15) is 0 Å². The molecule has 480 valence electrons. The first-order chi connectivity index (χ1) is 48.9. The van der Waals surface area contributed by atoms with E-state index in [1.54, 1.807) is 0 Å². The molecule has 0 aliphatic rings. The Labute approximate surface area is 583 Å². The molecule has 0 N–H and O–H groups in total. The molecular formula is C94H74N6. The number of hydrogen-bond donors (Lipinski definition) is 0. The summed E-state index contributed by atoms with van der Waals surface area (Å²) < 4.78 is 9.03. The molecule has 14 aromatic carbocycles. The Hall–Kier alpha value is -12.4. The molecule has 0 saturated carbocycles. The fraction of sp³-hybridized carbons (Fsp3) is 0.0851. The van der Waals surface area contributed by atoms with Crippen LogP contribution >= 0.6 is 0 Å². The summed E-state index contributed by atoms with van der Waals surface area (Å²) in [5.41, 5.74) is 30.8. The van der Waals surface area contributed by atoms with Crippen LogP contribution in [0.5, 0.6) is 0 Å². The van der Waals surface area contributed by atoms with Gasteiger partial charge in [0.1, 0.15) is 12.7 Å². The number of fused-ring (bicyclic) bond motifs is 8. The lowest BCUT2D eigenvalue weighted by molar-refractivity contribution is 0.593. The predicted molar refractivity (Wildman–Crippen MR) is 421 cm³/mol. The SMILES string of the molecule is CC(C)(C)c1c(-c2ccc(-c3ccc4c(c3)c3ccccc3n4-c3ccccc3)cc2)cccc1-c1ccc(-c2ccc3c(c2)c2ccccc2n3-c2ccccc2)cc1.CC(C)(C)c1c(-c2ccc3c(c2)ncn3-c2ccccc2)cccc1-c1ccc2c(c1)ncn2-c1ccccc1. The number of para-hydroxylation sites is 6. The van der Waals surface area contributed by atoms with Gasteiger partial charge in [0.2, 0.25) is 0 Å². The summed E-state index contributed by atoms with van der Waals surface area (Å²) in [5.74, 6) is 0. The topological polar surface area (TPSA) is 45.5 Å². The van der Waals surface area contributed by atoms with Gasteiger partial charge in [0, 0.05) is 44.3 Å². The van der Waals surface area contributed by atoms with Crippen molar-refractivity contribution in [1.29, 1.82) is 0 Å². The smallest absolute Gasteiger partial charge is 0.100 e. The van der Waals surface area contributed by atoms with Crippen LogP contribution in [0.25, 0.3) is 155 Å². The van der Waals surface area contributed by atoms with Gasteiger partial charge in [0.15, 0.2) is 0 Å². The summed E-state index contributed by atoms with van der Waals surface area (Å²) in [4.78, 5) is 9.53. The lowest BCUT2D eigenvalue weighted by Crippen LogP contribution is -2.14. The van der Waals surface area contributed by atoms with Crippen molar-refractivity contribution < 1.29 is 0 Å². The normalized spacial score (nSPS) is 11.9. The van der Waals surface area contributed by atoms with Gasteiger partial charge in [0.25, 0.3) is 0 Å². The number of nitrogens with zero attached hydrogens (tertiary/aromatic N) is 6. The van der Waals surface area contributed by atoms with Crippen LogP contribution in [0.4, 0.5) is 0 Å². The van der Waals surface area contributed by atoms with E-state index in [0.717, 1.165) is 33.4 Å². The zero-order valence-corrected chi connectivity index (χ0v) is 57.0. The summed E-state index contributed by atoms with van der Waals surface area (Å²) in [6.45, 7) is 13.9. The molecular weight excluding hydrogens is 1210 g/mol. The molecule has 0 bridgehead atoms. The molecule has 0 aliphatic carbocycles. The highest BCUT2D eigenvalue weighted by Gasteiger charge is 2.27. The van der Waals surface area contributed by atoms with Crippen molar-refractivity contribution in [3.63, 3.8) is 0 Å². The number of imidazole rings is 2. The van der Waals surface area contributed by atoms with E-state index in [-0.39, 0.29) is 10.8 Å². The predicted octanol–water partition coefficient (Wildman–Crippen LogP) is 24.8. The molecule has 0 unspecified atom stereocenters. The second-order valence-corrected chi connectivity index (χ2v) is 28.3. The Kier molecular flexibility index (Phi) is 15.3. The van der Waals surface area contributed by atoms with Crippen LogP contribution in [0, 0.1) is 0 Å². The molecule has 0 saturated heterocycles. The summed E-state index contributed by atoms with van der Waals surface area (Å²) in [6.07, 6.45) is 3.82. The first kappa shape index (κ1) is 61.2. The van der Waals surface area contributed by atoms with Gasteiger partial charge in [-0.1, -0.05) is 260 Å². The largest absolute Gasteiger partial charge is 0.309 e. The Morgan fingerprint density at radius 2 is 0.510 bits per heavy atom. The third-order valence-electron chi connectivity index (χ3n) is 19.8. The third-order valence-corrected chi connectivity index (χ3v) is 19.8. The molecule has 6 heteroatoms. The summed E-state index contributed by atoms with van der Waals surface area (Å²) in [5, 5.41) is 5.06. The van der Waals surface area contributed by atoms with Gasteiger partial charge >= 0.3 is 0 Å². The average molecular weight is 1290 g/mol. The van der Waals surface area contributed by atoms with Crippen molar-refractivity contribution in [2.45, 2.75) is 52.4 Å². The van der Waals surface area contributed by atoms with Gasteiger partial charge in [-0.3, -0.25) is 9.13 Å². The Balaban J connectivity index is 0.000000162. The second kappa shape index (κ2) is 24.9. The van der Waals surface area contributed by atoms with Crippen molar-refractivity contribution in [2.75, 3.05) is 0 Å². The van der Waals surface area contributed by atoms with Gasteiger partial charge < -0.3 is 9.13 Å². The standard InChI is InChI=1S/C58H44N2.C36H30N4/c1-58(2,3)57-47(41-29-25-39(26-30-41)43-33-35-55-51(37-43)49-19-10-12-23-53(49)59(55)45-15-6-4-7-16-45)21-14-22-48(57)42-31-27-40(28-32-42)44-34-36-56-52(38-44)50-20-11-13-24-54(50)60(56)46-17-8-5-9-18-46;1-36(2,3)35-29(25-17-19-33-31(21-25)37-23-39(33)27-11-6-4-7-12-27)15-10-16-30(35)26-18-20-34-32(22-26)38-24-40(34)28-13-8-5-9-14-28/h4-38H,1-3H3;4-24H,1-3H3. The molecule has 0 radical (unpaired) electrons. The molecule has 100 heavy (non-hydrogen) atoms. The number of aromatic nitrogens is 6. The summed E-state index contributed by atoms with van der Waals surface area (Å²) in [6, 6.07) is 118. The van der Waals surface area contributed by atoms with E-state index in [4.69, 9.17) is 9.97 Å². The molecule has 18 rings (SSSR count). The quantitative estimate of drug-likeness (QED) is 0.137. The van der Waals surface area contributed by atoms with Crippen LogP contribution in [-0.4, -0.2) is 28.2 Å². The van der Waals surface area contributed by atoms with Crippen molar-refractivity contribution in [3.05, 3.63) is 351 Å². The highest BCUT2D eigenvalue weighted by atomic mass is 15.1. The maximum absolute atomic E-state index is 4.77. The molecule has 0 spiro atoms. The molecule has 4 heterocycles. The first-order valence-electron chi connectivity index (χ1n) is 34.6. The minimum atomic E-state index is -0.0841. The fourth-order valence-electron chi connectivity index (χ4n) is 15.3. The number of rotatable bonds is 10. The van der Waals surface area contributed by atoms with Gasteiger partial charge in [-0.2, -0.15) is 0 Å². The molecule has 4 aromatic heterocycles. The van der Waals surface area contributed by atoms with Crippen molar-refractivity contribution in [2.24, 2.45) is 0 Å². The monoisotopic (exact) mass is 1290 g/mol. The minimum Gasteiger partial charge on any atom is -0.309 e. The van der Waals surface area contributed by atoms with Crippen LogP contribution in [0.3, 0.4) is 0 Å². The Bertz CT molecular complexity index is 5700. The van der Waals surface area contributed by atoms with E-state index in [1.807, 2.05) is 24.8 Å². The maximum atomic E-state index is 4.77. The Morgan fingerprint density at radius 3 is 0.880 bits per heavy atom. The molecule has 0 amide bonds. The van der Waals surface area contributed by atoms with Crippen LogP contribution < -0.4 is 0 Å². The van der Waals surface area contributed by atoms with Crippen molar-refractivity contribution >= 4 is 65.7 Å². The van der Waals surface area contributed by atoms with Crippen LogP contribution in [-0.2, 0) is 10.8 Å². The molecule has 6 nitrogen and oxygen atoms in total. The van der Waals surface area contributed by atoms with Gasteiger partial charge in [-0.25, -0.2) is 9.97 Å². The van der Waals surface area contributed by atoms with Crippen LogP contribution in [0.1, 0.15) is 52.7 Å². The average Bonchev–Trinajstić information content (AvgIpc) is 1.47. The first-order valence-corrected chi connectivity index (χ1v) is 34.6. The van der Waals surface area contributed by atoms with Gasteiger partial charge in [-0.15, -0.1) is 0 Å². The van der Waals surface area contributed by atoms with Crippen LogP contribution in [0.15, 0.2) is 340 Å². The number of hydrogen-bond acceptors (Lipinski definition) is 2. The fourth-order valence-corrected chi connectivity index (χ4v) is 15.3. The summed E-state index contributed by atoms with van der Waals surface area (Å²) in [7, 11) is 0. The zero-order valence-electron chi connectivity index (χ0n) is 57.0. The molecule has 0 fully saturated rings. The minimum absolute atomic E-state index is 0.0807. The van der Waals surface area contributed by atoms with Crippen molar-refractivity contribution in [3.8, 4) is 89.5 Å².